The molecule has 1 amide bonds. The number of carbonyl (C=O) groups excluding carboxylic acids is 1. The molecule has 1 aliphatic heterocycles. The van der Waals surface area contributed by atoms with Crippen LogP contribution in [0.1, 0.15) is 24.2 Å². The van der Waals surface area contributed by atoms with Crippen LogP contribution in [0, 0.1) is 0 Å². The summed E-state index contributed by atoms with van der Waals surface area (Å²) in [5, 5.41) is 16.8. The first-order valence-electron chi connectivity index (χ1n) is 12.2. The Morgan fingerprint density at radius 3 is 1.98 bits per heavy atom. The Balaban J connectivity index is 0.000000708. The summed E-state index contributed by atoms with van der Waals surface area (Å²) in [5.74, 6) is -3.87. The molecule has 2 aromatic rings. The maximum atomic E-state index is 12.6. The third-order valence-corrected chi connectivity index (χ3v) is 7.37. The van der Waals surface area contributed by atoms with Crippen LogP contribution in [0.5, 0.6) is 0 Å². The summed E-state index contributed by atoms with van der Waals surface area (Å²) >= 11 is 0. The number of rotatable bonds is 9. The number of alkyl halides is 3. The van der Waals surface area contributed by atoms with Crippen LogP contribution < -0.4 is 9.62 Å². The standard InChI is InChI=1S/C23H30N4O5S.C2HF3O2/c1-3-26(4-2)22(28)17-25-12-14-27(15-13-25)18-10-11-21(20(16-18)23(29)30)24-33(31,32)19-8-6-5-7-9-19;3-2(4,5)1(6)7/h5-11,16,24H,3-4,12-15,17H2,1-2H3,(H,29,30);(H,6,7). The summed E-state index contributed by atoms with van der Waals surface area (Å²) in [6.45, 7) is 8.30. The molecule has 3 rings (SSSR count). The number of hydrogen-bond acceptors (Lipinski definition) is 7. The van der Waals surface area contributed by atoms with Crippen LogP contribution in [0.3, 0.4) is 0 Å². The van der Waals surface area contributed by atoms with Gasteiger partial charge in [0.15, 0.2) is 0 Å². The zero-order valence-electron chi connectivity index (χ0n) is 21.9. The minimum atomic E-state index is -5.08. The van der Waals surface area contributed by atoms with Gasteiger partial charge in [-0.3, -0.25) is 14.4 Å². The van der Waals surface area contributed by atoms with Crippen LogP contribution in [0.2, 0.25) is 0 Å². The molecule has 0 bridgehead atoms. The van der Waals surface area contributed by atoms with E-state index in [1.54, 1.807) is 29.2 Å². The second kappa shape index (κ2) is 14.0. The van der Waals surface area contributed by atoms with Crippen LogP contribution in [-0.2, 0) is 19.6 Å². The van der Waals surface area contributed by atoms with E-state index in [-0.39, 0.29) is 22.1 Å². The highest BCUT2D eigenvalue weighted by atomic mass is 32.2. The van der Waals surface area contributed by atoms with E-state index < -0.39 is 28.1 Å². The molecule has 0 atom stereocenters. The van der Waals surface area contributed by atoms with Gasteiger partial charge in [-0.1, -0.05) is 18.2 Å². The number of sulfonamides is 1. The van der Waals surface area contributed by atoms with Gasteiger partial charge >= 0.3 is 18.1 Å². The second-order valence-electron chi connectivity index (χ2n) is 8.59. The normalized spacial score (nSPS) is 14.1. The zero-order valence-corrected chi connectivity index (χ0v) is 22.7. The zero-order chi connectivity index (χ0) is 30.1. The first-order valence-corrected chi connectivity index (χ1v) is 13.7. The smallest absolute Gasteiger partial charge is 0.478 e. The predicted octanol–water partition coefficient (Wildman–Crippen LogP) is 2.81. The lowest BCUT2D eigenvalue weighted by Gasteiger charge is -2.36. The Hall–Kier alpha value is -3.85. The van der Waals surface area contributed by atoms with E-state index in [2.05, 4.69) is 9.62 Å². The van der Waals surface area contributed by atoms with Gasteiger partial charge in [0.05, 0.1) is 22.7 Å². The fourth-order valence-electron chi connectivity index (χ4n) is 3.83. The van der Waals surface area contributed by atoms with Gasteiger partial charge in [0.25, 0.3) is 10.0 Å². The molecule has 2 aromatic carbocycles. The summed E-state index contributed by atoms with van der Waals surface area (Å²) in [6.07, 6.45) is -5.08. The molecule has 0 radical (unpaired) electrons. The van der Waals surface area contributed by atoms with Crippen LogP contribution in [0.25, 0.3) is 0 Å². The molecule has 220 valence electrons. The number of carboxylic acid groups (broad SMARTS) is 2. The van der Waals surface area contributed by atoms with Crippen molar-refractivity contribution in [1.29, 1.82) is 0 Å². The number of benzene rings is 2. The molecule has 1 aliphatic rings. The van der Waals surface area contributed by atoms with Gasteiger partial charge < -0.3 is 20.0 Å². The van der Waals surface area contributed by atoms with Crippen molar-refractivity contribution in [3.63, 3.8) is 0 Å². The fraction of sp³-hybridized carbons (Fsp3) is 0.400. The Labute approximate surface area is 229 Å². The number of amides is 1. The quantitative estimate of drug-likeness (QED) is 0.402. The van der Waals surface area contributed by atoms with Crippen LogP contribution >= 0.6 is 0 Å². The molecule has 0 aliphatic carbocycles. The van der Waals surface area contributed by atoms with Crippen molar-refractivity contribution >= 4 is 39.2 Å². The fourth-order valence-corrected chi connectivity index (χ4v) is 4.93. The van der Waals surface area contributed by atoms with Crippen molar-refractivity contribution in [2.75, 3.05) is 55.4 Å². The molecule has 11 nitrogen and oxygen atoms in total. The van der Waals surface area contributed by atoms with Gasteiger partial charge in [0.1, 0.15) is 0 Å². The van der Waals surface area contributed by atoms with Gasteiger partial charge in [0.2, 0.25) is 5.91 Å². The molecular weight excluding hydrogens is 557 g/mol. The highest BCUT2D eigenvalue weighted by Crippen LogP contribution is 2.26. The summed E-state index contributed by atoms with van der Waals surface area (Å²) in [6, 6.07) is 12.5. The largest absolute Gasteiger partial charge is 0.490 e. The summed E-state index contributed by atoms with van der Waals surface area (Å²) in [4.78, 5) is 39.1. The van der Waals surface area contributed by atoms with Gasteiger partial charge in [0, 0.05) is 45.0 Å². The monoisotopic (exact) mass is 588 g/mol. The van der Waals surface area contributed by atoms with Crippen molar-refractivity contribution in [1.82, 2.24) is 9.80 Å². The number of nitrogens with one attached hydrogen (secondary N) is 1. The van der Waals surface area contributed by atoms with Crippen LogP contribution in [0.15, 0.2) is 53.4 Å². The molecule has 1 fully saturated rings. The number of piperazine rings is 1. The summed E-state index contributed by atoms with van der Waals surface area (Å²) in [5.41, 5.74) is 0.592. The number of nitrogens with zero attached hydrogens (tertiary/aromatic N) is 3. The Morgan fingerprint density at radius 1 is 0.950 bits per heavy atom. The van der Waals surface area contributed by atoms with Crippen molar-refractivity contribution < 1.29 is 46.2 Å². The maximum absolute atomic E-state index is 12.6. The van der Waals surface area contributed by atoms with Gasteiger partial charge in [-0.25, -0.2) is 18.0 Å². The van der Waals surface area contributed by atoms with Crippen LogP contribution in [0.4, 0.5) is 24.5 Å². The molecule has 15 heteroatoms. The highest BCUT2D eigenvalue weighted by molar-refractivity contribution is 7.92. The van der Waals surface area contributed by atoms with Crippen molar-refractivity contribution in [3.05, 3.63) is 54.1 Å². The molecular formula is C25H31F3N4O7S. The van der Waals surface area contributed by atoms with Gasteiger partial charge in [-0.05, 0) is 44.2 Å². The SMILES string of the molecule is CCN(CC)C(=O)CN1CCN(c2ccc(NS(=O)(=O)c3ccccc3)c(C(=O)O)c2)CC1.O=C(O)C(F)(F)F. The number of carboxylic acids is 2. The third-order valence-electron chi connectivity index (χ3n) is 5.99. The van der Waals surface area contributed by atoms with Crippen molar-refractivity contribution in [2.45, 2.75) is 24.9 Å². The molecule has 0 unspecified atom stereocenters. The average Bonchev–Trinajstić information content (AvgIpc) is 2.90. The molecule has 1 saturated heterocycles. The second-order valence-corrected chi connectivity index (χ2v) is 10.3. The number of anilines is 2. The minimum Gasteiger partial charge on any atom is -0.478 e. The topological polar surface area (TPSA) is 148 Å². The van der Waals surface area contributed by atoms with Crippen molar-refractivity contribution in [3.8, 4) is 0 Å². The van der Waals surface area contributed by atoms with Gasteiger partial charge in [-0.15, -0.1) is 0 Å². The van der Waals surface area contributed by atoms with E-state index >= 15 is 0 Å². The number of aromatic carboxylic acids is 1. The van der Waals surface area contributed by atoms with Crippen LogP contribution in [-0.4, -0.2) is 98.3 Å². The average molecular weight is 589 g/mol. The van der Waals surface area contributed by atoms with Gasteiger partial charge in [-0.2, -0.15) is 13.2 Å². The van der Waals surface area contributed by atoms with E-state index in [4.69, 9.17) is 9.90 Å². The van der Waals surface area contributed by atoms with E-state index in [1.165, 1.54) is 24.3 Å². The summed E-state index contributed by atoms with van der Waals surface area (Å²) in [7, 11) is -3.91. The first kappa shape index (κ1) is 32.4. The minimum absolute atomic E-state index is 0.0126. The molecule has 0 spiro atoms. The number of hydrogen-bond donors (Lipinski definition) is 3. The highest BCUT2D eigenvalue weighted by Gasteiger charge is 2.38. The molecule has 1 heterocycles. The Morgan fingerprint density at radius 2 is 1.50 bits per heavy atom. The molecule has 3 N–H and O–H groups in total. The molecule has 0 saturated carbocycles. The predicted molar refractivity (Wildman–Crippen MR) is 141 cm³/mol. The summed E-state index contributed by atoms with van der Waals surface area (Å²) < 4.78 is 59.4. The van der Waals surface area contributed by atoms with E-state index in [9.17, 15) is 36.3 Å². The number of carbonyl (C=O) groups is 3. The lowest BCUT2D eigenvalue weighted by Crippen LogP contribution is -2.50. The van der Waals surface area contributed by atoms with Crippen molar-refractivity contribution in [2.24, 2.45) is 0 Å². The maximum Gasteiger partial charge on any atom is 0.490 e. The Bertz CT molecular complexity index is 1280. The van der Waals surface area contributed by atoms with E-state index in [0.29, 0.717) is 51.5 Å². The van der Waals surface area contributed by atoms with E-state index in [0.717, 1.165) is 0 Å². The lowest BCUT2D eigenvalue weighted by molar-refractivity contribution is -0.192. The first-order chi connectivity index (χ1) is 18.7. The van der Waals surface area contributed by atoms with E-state index in [1.807, 2.05) is 18.7 Å². The number of halogens is 3. The number of aliphatic carboxylic acids is 1. The molecule has 40 heavy (non-hydrogen) atoms. The number of likely N-dealkylation sites (N-methyl/N-ethyl adjacent to an activating group) is 1. The lowest BCUT2D eigenvalue weighted by atomic mass is 10.1. The molecule has 0 aromatic heterocycles. The third kappa shape index (κ3) is 9.12. The Kier molecular flexibility index (Phi) is 11.3.